The van der Waals surface area contributed by atoms with Gasteiger partial charge in [0.25, 0.3) is 5.56 Å². The number of ether oxygens (including phenoxy) is 1. The largest absolute Gasteiger partial charge is 0.465 e. The molecule has 0 saturated heterocycles. The average Bonchev–Trinajstić information content (AvgIpc) is 3.03. The van der Waals surface area contributed by atoms with Gasteiger partial charge in [-0.1, -0.05) is 23.9 Å². The van der Waals surface area contributed by atoms with Gasteiger partial charge in [-0.3, -0.25) is 4.79 Å². The quantitative estimate of drug-likeness (QED) is 0.386. The number of hydrogen-bond acceptors (Lipinski definition) is 7. The Labute approximate surface area is 146 Å². The van der Waals surface area contributed by atoms with E-state index in [0.717, 1.165) is 5.56 Å². The molecule has 0 aliphatic heterocycles. The van der Waals surface area contributed by atoms with Gasteiger partial charge in [0, 0.05) is 5.75 Å². The standard InChI is InChI=1S/C16H16N4O4S/c1-24-15(23)11-4-2-10(3-5-11)9-25-16-18-13-12(14(22)19-16)8-17-20(13)6-7-21/h2-5,8,21H,6-7,9H2,1H3,(H,18,19,22). The lowest BCUT2D eigenvalue weighted by Crippen LogP contribution is -2.11. The summed E-state index contributed by atoms with van der Waals surface area (Å²) in [6.07, 6.45) is 1.44. The molecule has 130 valence electrons. The zero-order chi connectivity index (χ0) is 17.8. The van der Waals surface area contributed by atoms with Crippen molar-refractivity contribution in [1.82, 2.24) is 19.7 Å². The van der Waals surface area contributed by atoms with Crippen molar-refractivity contribution in [2.75, 3.05) is 13.7 Å². The van der Waals surface area contributed by atoms with Gasteiger partial charge < -0.3 is 14.8 Å². The van der Waals surface area contributed by atoms with Gasteiger partial charge in [0.1, 0.15) is 5.39 Å². The molecule has 0 radical (unpaired) electrons. The van der Waals surface area contributed by atoms with E-state index in [2.05, 4.69) is 19.8 Å². The van der Waals surface area contributed by atoms with Crippen molar-refractivity contribution in [2.24, 2.45) is 0 Å². The smallest absolute Gasteiger partial charge is 0.337 e. The van der Waals surface area contributed by atoms with Gasteiger partial charge in [0.05, 0.1) is 32.0 Å². The molecule has 3 rings (SSSR count). The van der Waals surface area contributed by atoms with E-state index in [-0.39, 0.29) is 24.7 Å². The van der Waals surface area contributed by atoms with Gasteiger partial charge in [-0.25, -0.2) is 14.5 Å². The molecule has 0 aliphatic carbocycles. The highest BCUT2D eigenvalue weighted by molar-refractivity contribution is 7.98. The van der Waals surface area contributed by atoms with Gasteiger partial charge in [-0.15, -0.1) is 0 Å². The van der Waals surface area contributed by atoms with Crippen LogP contribution >= 0.6 is 11.8 Å². The molecule has 0 unspecified atom stereocenters. The normalized spacial score (nSPS) is 11.0. The van der Waals surface area contributed by atoms with Crippen molar-refractivity contribution in [3.63, 3.8) is 0 Å². The van der Waals surface area contributed by atoms with E-state index in [4.69, 9.17) is 5.11 Å². The number of nitrogens with zero attached hydrogens (tertiary/aromatic N) is 3. The Bertz CT molecular complexity index is 949. The van der Waals surface area contributed by atoms with Crippen molar-refractivity contribution in [2.45, 2.75) is 17.5 Å². The summed E-state index contributed by atoms with van der Waals surface area (Å²) >= 11 is 1.37. The number of thioether (sulfide) groups is 1. The SMILES string of the molecule is COC(=O)c1ccc(CSc2nc3c(cnn3CCO)c(=O)[nH]2)cc1. The van der Waals surface area contributed by atoms with Crippen LogP contribution < -0.4 is 5.56 Å². The highest BCUT2D eigenvalue weighted by Crippen LogP contribution is 2.20. The van der Waals surface area contributed by atoms with Gasteiger partial charge >= 0.3 is 5.97 Å². The van der Waals surface area contributed by atoms with Gasteiger partial charge in [-0.05, 0) is 17.7 Å². The van der Waals surface area contributed by atoms with Crippen molar-refractivity contribution >= 4 is 28.8 Å². The van der Waals surface area contributed by atoms with Crippen LogP contribution in [0.2, 0.25) is 0 Å². The monoisotopic (exact) mass is 360 g/mol. The third-order valence-electron chi connectivity index (χ3n) is 3.55. The number of nitrogens with one attached hydrogen (secondary N) is 1. The molecule has 0 atom stereocenters. The Hall–Kier alpha value is -2.65. The molecule has 2 aromatic heterocycles. The van der Waals surface area contributed by atoms with E-state index in [1.165, 1.54) is 29.8 Å². The van der Waals surface area contributed by atoms with Crippen LogP contribution in [-0.4, -0.2) is 44.5 Å². The van der Waals surface area contributed by atoms with Crippen molar-refractivity contribution in [1.29, 1.82) is 0 Å². The van der Waals surface area contributed by atoms with E-state index < -0.39 is 0 Å². The van der Waals surface area contributed by atoms with Crippen molar-refractivity contribution < 1.29 is 14.6 Å². The molecule has 0 amide bonds. The molecule has 25 heavy (non-hydrogen) atoms. The number of aliphatic hydroxyl groups is 1. The van der Waals surface area contributed by atoms with Gasteiger partial charge in [-0.2, -0.15) is 5.10 Å². The first-order chi connectivity index (χ1) is 12.1. The van der Waals surface area contributed by atoms with Crippen molar-refractivity contribution in [3.05, 3.63) is 51.9 Å². The van der Waals surface area contributed by atoms with Gasteiger partial charge in [0.15, 0.2) is 10.8 Å². The van der Waals surface area contributed by atoms with Crippen molar-refractivity contribution in [3.8, 4) is 0 Å². The summed E-state index contributed by atoms with van der Waals surface area (Å²) in [5, 5.41) is 14.0. The summed E-state index contributed by atoms with van der Waals surface area (Å²) < 4.78 is 6.16. The third-order valence-corrected chi connectivity index (χ3v) is 4.49. The molecule has 1 aromatic carbocycles. The summed E-state index contributed by atoms with van der Waals surface area (Å²) in [5.74, 6) is 0.192. The number of carbonyl (C=O) groups excluding carboxylic acids is 1. The van der Waals surface area contributed by atoms with Crippen LogP contribution in [0.15, 0.2) is 40.4 Å². The fourth-order valence-corrected chi connectivity index (χ4v) is 3.09. The van der Waals surface area contributed by atoms with E-state index >= 15 is 0 Å². The lowest BCUT2D eigenvalue weighted by molar-refractivity contribution is 0.0600. The molecule has 0 spiro atoms. The first-order valence-corrected chi connectivity index (χ1v) is 8.47. The first kappa shape index (κ1) is 17.2. The lowest BCUT2D eigenvalue weighted by atomic mass is 10.1. The number of aromatic amines is 1. The highest BCUT2D eigenvalue weighted by atomic mass is 32.2. The minimum Gasteiger partial charge on any atom is -0.465 e. The minimum atomic E-state index is -0.382. The van der Waals surface area contributed by atoms with Gasteiger partial charge in [0.2, 0.25) is 0 Å². The van der Waals surface area contributed by atoms with Crippen LogP contribution in [0.25, 0.3) is 11.0 Å². The predicted molar refractivity (Wildman–Crippen MR) is 92.6 cm³/mol. The number of benzene rings is 1. The van der Waals surface area contributed by atoms with E-state index in [1.54, 1.807) is 12.1 Å². The van der Waals surface area contributed by atoms with Crippen LogP contribution in [0.4, 0.5) is 0 Å². The number of esters is 1. The number of hydrogen-bond donors (Lipinski definition) is 2. The molecule has 3 aromatic rings. The predicted octanol–water partition coefficient (Wildman–Crippen LogP) is 1.19. The zero-order valence-electron chi connectivity index (χ0n) is 13.4. The number of methoxy groups -OCH3 is 1. The summed E-state index contributed by atoms with van der Waals surface area (Å²) in [6, 6.07) is 7.03. The molecular formula is C16H16N4O4S. The average molecular weight is 360 g/mol. The summed E-state index contributed by atoms with van der Waals surface area (Å²) in [7, 11) is 1.34. The fraction of sp³-hybridized carbons (Fsp3) is 0.250. The van der Waals surface area contributed by atoms with E-state index in [9.17, 15) is 9.59 Å². The second-order valence-electron chi connectivity index (χ2n) is 5.18. The minimum absolute atomic E-state index is 0.0831. The van der Waals surface area contributed by atoms with Crippen LogP contribution in [-0.2, 0) is 17.0 Å². The first-order valence-electron chi connectivity index (χ1n) is 7.49. The van der Waals surface area contributed by atoms with Crippen LogP contribution in [0, 0.1) is 0 Å². The maximum atomic E-state index is 12.1. The molecule has 2 heterocycles. The Morgan fingerprint density at radius 1 is 1.36 bits per heavy atom. The summed E-state index contributed by atoms with van der Waals surface area (Å²) in [6.45, 7) is 0.194. The van der Waals surface area contributed by atoms with Crippen LogP contribution in [0.1, 0.15) is 15.9 Å². The third kappa shape index (κ3) is 3.72. The molecule has 2 N–H and O–H groups in total. The molecule has 0 fully saturated rings. The highest BCUT2D eigenvalue weighted by Gasteiger charge is 2.11. The molecular weight excluding hydrogens is 344 g/mol. The fourth-order valence-electron chi connectivity index (χ4n) is 2.28. The number of H-pyrrole nitrogens is 1. The number of fused-ring (bicyclic) bond motifs is 1. The number of aliphatic hydroxyl groups excluding tert-OH is 1. The summed E-state index contributed by atoms with van der Waals surface area (Å²) in [4.78, 5) is 30.7. The Morgan fingerprint density at radius 3 is 2.80 bits per heavy atom. The Balaban J connectivity index is 1.77. The summed E-state index contributed by atoms with van der Waals surface area (Å²) in [5.41, 5.74) is 1.64. The van der Waals surface area contributed by atoms with E-state index in [1.807, 2.05) is 12.1 Å². The zero-order valence-corrected chi connectivity index (χ0v) is 14.2. The second-order valence-corrected chi connectivity index (χ2v) is 6.14. The Kier molecular flexibility index (Phi) is 5.15. The maximum Gasteiger partial charge on any atom is 0.337 e. The second kappa shape index (κ2) is 7.49. The number of rotatable bonds is 6. The van der Waals surface area contributed by atoms with Crippen LogP contribution in [0.5, 0.6) is 0 Å². The lowest BCUT2D eigenvalue weighted by Gasteiger charge is -2.04. The topological polar surface area (TPSA) is 110 Å². The number of carbonyl (C=O) groups is 1. The molecule has 9 heteroatoms. The molecule has 8 nitrogen and oxygen atoms in total. The molecule has 0 bridgehead atoms. The Morgan fingerprint density at radius 2 is 2.12 bits per heavy atom. The van der Waals surface area contributed by atoms with E-state index in [0.29, 0.717) is 27.5 Å². The molecule has 0 saturated carbocycles. The maximum absolute atomic E-state index is 12.1. The molecule has 0 aliphatic rings. The number of aromatic nitrogens is 4. The van der Waals surface area contributed by atoms with Crippen LogP contribution in [0.3, 0.4) is 0 Å².